The van der Waals surface area contributed by atoms with Crippen molar-refractivity contribution in [2.45, 2.75) is 57.1 Å². The lowest BCUT2D eigenvalue weighted by molar-refractivity contribution is -0.0590. The Bertz CT molecular complexity index is 1230. The third kappa shape index (κ3) is 5.37. The molecule has 3 aromatic rings. The molecule has 2 atom stereocenters. The van der Waals surface area contributed by atoms with E-state index in [2.05, 4.69) is 37.5 Å². The van der Waals surface area contributed by atoms with Crippen molar-refractivity contribution in [1.82, 2.24) is 34.7 Å². The van der Waals surface area contributed by atoms with E-state index in [4.69, 9.17) is 4.74 Å². The highest BCUT2D eigenvalue weighted by atomic mass is 32.2. The van der Waals surface area contributed by atoms with Gasteiger partial charge in [-0.25, -0.2) is 22.2 Å². The van der Waals surface area contributed by atoms with E-state index in [9.17, 15) is 17.2 Å². The van der Waals surface area contributed by atoms with Crippen LogP contribution in [0, 0.1) is 5.92 Å². The summed E-state index contributed by atoms with van der Waals surface area (Å²) in [6, 6.07) is 0.0689. The van der Waals surface area contributed by atoms with E-state index in [0.29, 0.717) is 41.8 Å². The molecule has 0 amide bonds. The van der Waals surface area contributed by atoms with Gasteiger partial charge in [0.25, 0.3) is 0 Å². The Morgan fingerprint density at radius 1 is 1.26 bits per heavy atom. The number of nitrogens with zero attached hydrogens (tertiary/aromatic N) is 6. The zero-order valence-corrected chi connectivity index (χ0v) is 20.1. The Morgan fingerprint density at radius 2 is 2.06 bits per heavy atom. The molecule has 0 unspecified atom stereocenters. The number of hydrogen-bond donors (Lipinski definition) is 3. The number of ether oxygens (including phenoxy) is 1. The highest BCUT2D eigenvalue weighted by molar-refractivity contribution is 7.72. The van der Waals surface area contributed by atoms with Gasteiger partial charge in [-0.05, 0) is 25.2 Å². The minimum atomic E-state index is -2.66. The number of aromatic nitrogens is 6. The van der Waals surface area contributed by atoms with Gasteiger partial charge in [-0.15, -0.1) is 5.10 Å². The topological polar surface area (TPSA) is 130 Å². The SMILES string of the molecule is C[C@@H]1CN(C[SH](=O)=O)CC[C@@H]1Nc1nc2cnc(-c3cn[nH]c3)c(OC3CCC(F)(F)CC3)n2n1. The fourth-order valence-electron chi connectivity index (χ4n) is 4.77. The first-order valence-electron chi connectivity index (χ1n) is 11.7. The van der Waals surface area contributed by atoms with Crippen molar-refractivity contribution in [2.24, 2.45) is 5.92 Å². The molecule has 35 heavy (non-hydrogen) atoms. The summed E-state index contributed by atoms with van der Waals surface area (Å²) in [5.41, 5.74) is 1.64. The molecular formula is C21H28F2N8O3S. The number of fused-ring (bicyclic) bond motifs is 1. The first kappa shape index (κ1) is 23.9. The fourth-order valence-corrected chi connectivity index (χ4v) is 5.36. The van der Waals surface area contributed by atoms with Crippen LogP contribution < -0.4 is 10.1 Å². The molecule has 2 aliphatic rings. The normalized spacial score (nSPS) is 23.7. The van der Waals surface area contributed by atoms with E-state index in [0.717, 1.165) is 6.42 Å². The fraction of sp³-hybridized carbons (Fsp3) is 0.619. The number of rotatable bonds is 7. The third-order valence-electron chi connectivity index (χ3n) is 6.67. The molecule has 3 aromatic heterocycles. The first-order valence-corrected chi connectivity index (χ1v) is 13.0. The average molecular weight is 511 g/mol. The van der Waals surface area contributed by atoms with Gasteiger partial charge in [0.2, 0.25) is 17.8 Å². The van der Waals surface area contributed by atoms with E-state index < -0.39 is 16.6 Å². The lowest BCUT2D eigenvalue weighted by atomic mass is 9.94. The van der Waals surface area contributed by atoms with Crippen LogP contribution in [0.1, 0.15) is 39.0 Å². The lowest BCUT2D eigenvalue weighted by Crippen LogP contribution is -2.45. The van der Waals surface area contributed by atoms with Gasteiger partial charge >= 0.3 is 0 Å². The predicted octanol–water partition coefficient (Wildman–Crippen LogP) is 2.16. The number of hydrogen-bond acceptors (Lipinski definition) is 9. The molecule has 11 nitrogen and oxygen atoms in total. The second kappa shape index (κ2) is 9.64. The third-order valence-corrected chi connectivity index (χ3v) is 7.30. The van der Waals surface area contributed by atoms with Gasteiger partial charge in [0.05, 0.1) is 18.3 Å². The summed E-state index contributed by atoms with van der Waals surface area (Å²) in [5.74, 6) is -1.67. The van der Waals surface area contributed by atoms with E-state index in [1.165, 1.54) is 0 Å². The Labute approximate surface area is 202 Å². The van der Waals surface area contributed by atoms with Crippen molar-refractivity contribution in [3.8, 4) is 17.1 Å². The molecule has 5 rings (SSSR count). The van der Waals surface area contributed by atoms with Crippen LogP contribution in [-0.2, 0) is 10.7 Å². The molecule has 0 spiro atoms. The van der Waals surface area contributed by atoms with Gasteiger partial charge in [-0.2, -0.15) is 14.6 Å². The smallest absolute Gasteiger partial charge is 0.248 e. The Hall–Kier alpha value is -2.87. The largest absolute Gasteiger partial charge is 0.473 e. The minimum absolute atomic E-state index is 0.0647. The lowest BCUT2D eigenvalue weighted by Gasteiger charge is -2.35. The number of H-pyrrole nitrogens is 1. The number of aromatic amines is 1. The van der Waals surface area contributed by atoms with Gasteiger partial charge < -0.3 is 10.1 Å². The maximum Gasteiger partial charge on any atom is 0.248 e. The van der Waals surface area contributed by atoms with Crippen LogP contribution in [-0.4, -0.2) is 80.1 Å². The van der Waals surface area contributed by atoms with Crippen molar-refractivity contribution in [3.63, 3.8) is 0 Å². The number of thiol groups is 1. The molecule has 1 aliphatic carbocycles. The van der Waals surface area contributed by atoms with Gasteiger partial charge in [0, 0.05) is 43.7 Å². The molecule has 14 heteroatoms. The van der Waals surface area contributed by atoms with Crippen molar-refractivity contribution in [1.29, 1.82) is 0 Å². The number of alkyl halides is 2. The molecule has 1 saturated heterocycles. The minimum Gasteiger partial charge on any atom is -0.473 e. The highest BCUT2D eigenvalue weighted by Gasteiger charge is 2.36. The summed E-state index contributed by atoms with van der Waals surface area (Å²) in [4.78, 5) is 11.0. The average Bonchev–Trinajstić information content (AvgIpc) is 3.47. The Balaban J connectivity index is 1.39. The standard InChI is InChI=1S/C21H28F2N8O3S/c1-13-11-30(12-35(32)33)7-4-16(13)27-20-28-17-10-24-18(14-8-25-26-9-14)19(31(17)29-20)34-15-2-5-21(22,23)6-3-15/h8-10,13,15-16,35H,2-7,11-12H2,1H3,(H,25,26)(H,27,29)/t13-,16+/m1/s1. The maximum absolute atomic E-state index is 13.7. The Morgan fingerprint density at radius 3 is 2.74 bits per heavy atom. The summed E-state index contributed by atoms with van der Waals surface area (Å²) in [7, 11) is -2.45. The van der Waals surface area contributed by atoms with Crippen molar-refractivity contribution in [2.75, 3.05) is 24.3 Å². The Kier molecular flexibility index (Phi) is 6.57. The molecule has 1 saturated carbocycles. The molecule has 2 fully saturated rings. The van der Waals surface area contributed by atoms with Crippen molar-refractivity contribution < 1.29 is 21.9 Å². The summed E-state index contributed by atoms with van der Waals surface area (Å²) in [6.45, 7) is 3.37. The second-order valence-corrected chi connectivity index (χ2v) is 10.3. The van der Waals surface area contributed by atoms with Crippen LogP contribution in [0.5, 0.6) is 5.88 Å². The van der Waals surface area contributed by atoms with Gasteiger partial charge in [-0.1, -0.05) is 6.92 Å². The van der Waals surface area contributed by atoms with Crippen molar-refractivity contribution >= 4 is 22.3 Å². The molecule has 1 aliphatic heterocycles. The van der Waals surface area contributed by atoms with Crippen LogP contribution >= 0.6 is 0 Å². The van der Waals surface area contributed by atoms with Crippen LogP contribution in [0.15, 0.2) is 18.6 Å². The molecular weight excluding hydrogens is 482 g/mol. The number of halogens is 2. The van der Waals surface area contributed by atoms with Crippen LogP contribution in [0.2, 0.25) is 0 Å². The van der Waals surface area contributed by atoms with Crippen LogP contribution in [0.3, 0.4) is 0 Å². The number of anilines is 1. The monoisotopic (exact) mass is 510 g/mol. The summed E-state index contributed by atoms with van der Waals surface area (Å²) < 4.78 is 57.2. The number of likely N-dealkylation sites (tertiary alicyclic amines) is 1. The van der Waals surface area contributed by atoms with E-state index in [1.54, 1.807) is 23.1 Å². The van der Waals surface area contributed by atoms with E-state index >= 15 is 0 Å². The first-order chi connectivity index (χ1) is 16.8. The zero-order chi connectivity index (χ0) is 24.6. The van der Waals surface area contributed by atoms with Crippen LogP contribution in [0.25, 0.3) is 16.9 Å². The predicted molar refractivity (Wildman–Crippen MR) is 124 cm³/mol. The van der Waals surface area contributed by atoms with E-state index in [-0.39, 0.29) is 49.6 Å². The van der Waals surface area contributed by atoms with Crippen molar-refractivity contribution in [3.05, 3.63) is 18.6 Å². The second-order valence-electron chi connectivity index (χ2n) is 9.35. The van der Waals surface area contributed by atoms with Gasteiger partial charge in [0.15, 0.2) is 16.4 Å². The quantitative estimate of drug-likeness (QED) is 0.409. The van der Waals surface area contributed by atoms with Crippen LogP contribution in [0.4, 0.5) is 14.7 Å². The number of piperidine rings is 1. The zero-order valence-electron chi connectivity index (χ0n) is 19.2. The van der Waals surface area contributed by atoms with E-state index in [1.807, 2.05) is 4.90 Å². The molecule has 0 bridgehead atoms. The molecule has 0 radical (unpaired) electrons. The molecule has 190 valence electrons. The maximum atomic E-state index is 13.7. The van der Waals surface area contributed by atoms with Gasteiger partial charge in [-0.3, -0.25) is 10.00 Å². The molecule has 0 aromatic carbocycles. The summed E-state index contributed by atoms with van der Waals surface area (Å²) in [5, 5.41) is 14.7. The van der Waals surface area contributed by atoms with Gasteiger partial charge in [0.1, 0.15) is 11.8 Å². The molecule has 2 N–H and O–H groups in total. The highest BCUT2D eigenvalue weighted by Crippen LogP contribution is 2.37. The molecule has 4 heterocycles. The number of nitrogens with one attached hydrogen (secondary N) is 2. The summed E-state index contributed by atoms with van der Waals surface area (Å²) >= 11 is 0. The summed E-state index contributed by atoms with van der Waals surface area (Å²) in [6.07, 6.45) is 5.27.